The molecule has 0 aliphatic carbocycles. The van der Waals surface area contributed by atoms with Crippen LogP contribution < -0.4 is 0 Å². The first-order valence-electron chi connectivity index (χ1n) is 4.83. The Hall–Kier alpha value is -0.260. The van der Waals surface area contributed by atoms with Gasteiger partial charge in [-0.15, -0.1) is 0 Å². The highest BCUT2D eigenvalue weighted by molar-refractivity contribution is 4.86. The molecule has 0 radical (unpaired) electrons. The highest BCUT2D eigenvalue weighted by Gasteiger charge is 1.93. The van der Waals surface area contributed by atoms with E-state index in [1.54, 1.807) is 0 Å². The van der Waals surface area contributed by atoms with Gasteiger partial charge in [-0.3, -0.25) is 0 Å². The van der Waals surface area contributed by atoms with Crippen LogP contribution in [0.1, 0.15) is 47.0 Å². The van der Waals surface area contributed by atoms with Crippen LogP contribution in [0, 0.1) is 11.8 Å². The fourth-order valence-electron chi connectivity index (χ4n) is 1.13. The lowest BCUT2D eigenvalue weighted by molar-refractivity contribution is 0.620. The Balaban J connectivity index is 3.39. The quantitative estimate of drug-likeness (QED) is 0.524. The van der Waals surface area contributed by atoms with Crippen LogP contribution in [-0.2, 0) is 0 Å². The van der Waals surface area contributed by atoms with Gasteiger partial charge in [-0.1, -0.05) is 46.3 Å². The number of rotatable bonds is 5. The molecule has 0 aromatic rings. The van der Waals surface area contributed by atoms with Gasteiger partial charge in [0.1, 0.15) is 0 Å². The van der Waals surface area contributed by atoms with E-state index in [1.807, 2.05) is 0 Å². The summed E-state index contributed by atoms with van der Waals surface area (Å²) in [6, 6.07) is 0. The molecule has 0 heteroatoms. The molecule has 0 amide bonds. The molecule has 0 saturated heterocycles. The smallest absolute Gasteiger partial charge is 0.0262 e. The highest BCUT2D eigenvalue weighted by Crippen LogP contribution is 2.08. The average Bonchev–Trinajstić information content (AvgIpc) is 1.87. The lowest BCUT2D eigenvalue weighted by Crippen LogP contribution is -1.88. The van der Waals surface area contributed by atoms with Crippen LogP contribution in [-0.4, -0.2) is 0 Å². The predicted molar refractivity (Wildman–Crippen MR) is 52.7 cm³/mol. The van der Waals surface area contributed by atoms with Crippen LogP contribution >= 0.6 is 0 Å². The van der Waals surface area contributed by atoms with E-state index in [0.29, 0.717) is 0 Å². The van der Waals surface area contributed by atoms with Crippen LogP contribution in [0.15, 0.2) is 12.2 Å². The Bertz CT molecular complexity index is 101. The zero-order chi connectivity index (χ0) is 8.69. The van der Waals surface area contributed by atoms with E-state index in [2.05, 4.69) is 39.8 Å². The molecular weight excluding hydrogens is 132 g/mol. The van der Waals surface area contributed by atoms with Crippen molar-refractivity contribution in [2.45, 2.75) is 47.0 Å². The molecule has 0 aliphatic rings. The summed E-state index contributed by atoms with van der Waals surface area (Å²) in [5.74, 6) is 1.58. The van der Waals surface area contributed by atoms with E-state index in [4.69, 9.17) is 0 Å². The van der Waals surface area contributed by atoms with E-state index in [-0.39, 0.29) is 0 Å². The van der Waals surface area contributed by atoms with Gasteiger partial charge in [0.05, 0.1) is 0 Å². The van der Waals surface area contributed by atoms with Crippen molar-refractivity contribution < 1.29 is 0 Å². The van der Waals surface area contributed by atoms with E-state index in [0.717, 1.165) is 11.8 Å². The molecule has 1 unspecified atom stereocenters. The first kappa shape index (κ1) is 10.7. The summed E-state index contributed by atoms with van der Waals surface area (Å²) in [5.41, 5.74) is 0. The second-order valence-electron chi connectivity index (χ2n) is 3.82. The summed E-state index contributed by atoms with van der Waals surface area (Å²) in [7, 11) is 0. The SMILES string of the molecule is CCCC(C)/C=C/CC(C)C. The Labute approximate surface area is 71.7 Å². The van der Waals surface area contributed by atoms with Crippen LogP contribution in [0.3, 0.4) is 0 Å². The standard InChI is InChI=1S/C11H22/c1-5-7-11(4)9-6-8-10(2)3/h6,9-11H,5,7-8H2,1-4H3/b9-6+. The first-order chi connectivity index (χ1) is 5.16. The zero-order valence-corrected chi connectivity index (χ0v) is 8.43. The number of allylic oxidation sites excluding steroid dienone is 2. The third-order valence-corrected chi connectivity index (χ3v) is 1.82. The predicted octanol–water partition coefficient (Wildman–Crippen LogP) is 4.02. The minimum absolute atomic E-state index is 0.777. The van der Waals surface area contributed by atoms with E-state index in [9.17, 15) is 0 Å². The second-order valence-corrected chi connectivity index (χ2v) is 3.82. The van der Waals surface area contributed by atoms with Crippen LogP contribution in [0.25, 0.3) is 0 Å². The minimum atomic E-state index is 0.777. The lowest BCUT2D eigenvalue weighted by Gasteiger charge is -2.03. The molecule has 0 saturated carbocycles. The van der Waals surface area contributed by atoms with Crippen molar-refractivity contribution in [3.05, 3.63) is 12.2 Å². The van der Waals surface area contributed by atoms with E-state index < -0.39 is 0 Å². The molecule has 1 atom stereocenters. The maximum atomic E-state index is 2.35. The van der Waals surface area contributed by atoms with Gasteiger partial charge in [-0.25, -0.2) is 0 Å². The molecule has 11 heavy (non-hydrogen) atoms. The largest absolute Gasteiger partial charge is 0.0880 e. The number of hydrogen-bond donors (Lipinski definition) is 0. The van der Waals surface area contributed by atoms with Gasteiger partial charge in [0.25, 0.3) is 0 Å². The fourth-order valence-corrected chi connectivity index (χ4v) is 1.13. The van der Waals surface area contributed by atoms with Crippen molar-refractivity contribution in [3.63, 3.8) is 0 Å². The summed E-state index contributed by atoms with van der Waals surface area (Å²) >= 11 is 0. The van der Waals surface area contributed by atoms with Crippen molar-refractivity contribution in [1.82, 2.24) is 0 Å². The van der Waals surface area contributed by atoms with Crippen molar-refractivity contribution >= 4 is 0 Å². The van der Waals surface area contributed by atoms with Crippen LogP contribution in [0.2, 0.25) is 0 Å². The molecule has 0 spiro atoms. The molecule has 0 aliphatic heterocycles. The molecule has 0 aromatic carbocycles. The maximum Gasteiger partial charge on any atom is -0.0262 e. The third-order valence-electron chi connectivity index (χ3n) is 1.82. The van der Waals surface area contributed by atoms with Gasteiger partial charge in [0.15, 0.2) is 0 Å². The Morgan fingerprint density at radius 1 is 1.18 bits per heavy atom. The molecule has 0 aromatic heterocycles. The van der Waals surface area contributed by atoms with Gasteiger partial charge < -0.3 is 0 Å². The van der Waals surface area contributed by atoms with Gasteiger partial charge >= 0.3 is 0 Å². The average molecular weight is 154 g/mol. The molecular formula is C11H22. The maximum absolute atomic E-state index is 2.35. The molecule has 0 bridgehead atoms. The number of hydrogen-bond acceptors (Lipinski definition) is 0. The van der Waals surface area contributed by atoms with Crippen LogP contribution in [0.5, 0.6) is 0 Å². The van der Waals surface area contributed by atoms with Crippen LogP contribution in [0.4, 0.5) is 0 Å². The van der Waals surface area contributed by atoms with Gasteiger partial charge in [0.2, 0.25) is 0 Å². The summed E-state index contributed by atoms with van der Waals surface area (Å²) in [5, 5.41) is 0. The zero-order valence-electron chi connectivity index (χ0n) is 8.43. The van der Waals surface area contributed by atoms with Crippen molar-refractivity contribution in [3.8, 4) is 0 Å². The third kappa shape index (κ3) is 7.64. The van der Waals surface area contributed by atoms with Crippen molar-refractivity contribution in [2.24, 2.45) is 11.8 Å². The Kier molecular flexibility index (Phi) is 6.30. The van der Waals surface area contributed by atoms with Gasteiger partial charge in [-0.05, 0) is 24.7 Å². The topological polar surface area (TPSA) is 0 Å². The summed E-state index contributed by atoms with van der Waals surface area (Å²) in [4.78, 5) is 0. The van der Waals surface area contributed by atoms with E-state index >= 15 is 0 Å². The molecule has 0 heterocycles. The molecule has 0 N–H and O–H groups in total. The van der Waals surface area contributed by atoms with Gasteiger partial charge in [0, 0.05) is 0 Å². The van der Waals surface area contributed by atoms with E-state index in [1.165, 1.54) is 19.3 Å². The lowest BCUT2D eigenvalue weighted by atomic mass is 10.0. The summed E-state index contributed by atoms with van der Waals surface area (Å²) in [6.45, 7) is 9.05. The first-order valence-corrected chi connectivity index (χ1v) is 4.83. The normalized spacial score (nSPS) is 14.6. The summed E-state index contributed by atoms with van der Waals surface area (Å²) in [6.07, 6.45) is 8.53. The molecule has 66 valence electrons. The Morgan fingerprint density at radius 2 is 1.82 bits per heavy atom. The van der Waals surface area contributed by atoms with Crippen molar-refractivity contribution in [1.29, 1.82) is 0 Å². The van der Waals surface area contributed by atoms with Crippen molar-refractivity contribution in [2.75, 3.05) is 0 Å². The monoisotopic (exact) mass is 154 g/mol. The fraction of sp³-hybridized carbons (Fsp3) is 0.818. The molecule has 0 nitrogen and oxygen atoms in total. The Morgan fingerprint density at radius 3 is 2.27 bits per heavy atom. The minimum Gasteiger partial charge on any atom is -0.0880 e. The molecule has 0 rings (SSSR count). The van der Waals surface area contributed by atoms with Gasteiger partial charge in [-0.2, -0.15) is 0 Å². The second kappa shape index (κ2) is 6.45. The molecule has 0 fully saturated rings. The highest BCUT2D eigenvalue weighted by atomic mass is 14.0. The summed E-state index contributed by atoms with van der Waals surface area (Å²) < 4.78 is 0.